The standard InChI is InChI=1S/C28H31N3O4/c1-17(2)35-20-15-11-10-14-19(20)25-24-23-21(26(32)30(6)27(33)29(23)5)22(18-12-8-7-9-13-18)31(24)28(3,4)16-34-25/h7-15,17,25H,16H2,1-6H3. The van der Waals surface area contributed by atoms with Crippen LogP contribution in [0.2, 0.25) is 0 Å². The molecule has 0 radical (unpaired) electrons. The van der Waals surface area contributed by atoms with Crippen LogP contribution in [-0.4, -0.2) is 26.4 Å². The van der Waals surface area contributed by atoms with Crippen molar-refractivity contribution in [2.75, 3.05) is 6.61 Å². The van der Waals surface area contributed by atoms with Crippen molar-refractivity contribution in [1.29, 1.82) is 0 Å². The number of aryl methyl sites for hydroxylation is 1. The van der Waals surface area contributed by atoms with Gasteiger partial charge in [0.25, 0.3) is 5.56 Å². The summed E-state index contributed by atoms with van der Waals surface area (Å²) in [5.74, 6) is 0.725. The molecule has 0 saturated carbocycles. The normalized spacial score (nSPS) is 17.1. The molecule has 5 rings (SSSR count). The van der Waals surface area contributed by atoms with Crippen LogP contribution in [0.15, 0.2) is 64.2 Å². The van der Waals surface area contributed by atoms with E-state index in [1.165, 1.54) is 11.6 Å². The van der Waals surface area contributed by atoms with Crippen LogP contribution in [0, 0.1) is 0 Å². The first-order valence-electron chi connectivity index (χ1n) is 11.9. The number of para-hydroxylation sites is 1. The van der Waals surface area contributed by atoms with E-state index in [1.54, 1.807) is 11.6 Å². The molecule has 182 valence electrons. The predicted molar refractivity (Wildman–Crippen MR) is 137 cm³/mol. The lowest BCUT2D eigenvalue weighted by Crippen LogP contribution is -2.40. The van der Waals surface area contributed by atoms with Gasteiger partial charge in [0.15, 0.2) is 0 Å². The molecule has 0 aliphatic carbocycles. The fourth-order valence-electron chi connectivity index (χ4n) is 5.16. The van der Waals surface area contributed by atoms with E-state index in [4.69, 9.17) is 9.47 Å². The number of nitrogens with zero attached hydrogens (tertiary/aromatic N) is 3. The van der Waals surface area contributed by atoms with E-state index in [0.29, 0.717) is 17.5 Å². The van der Waals surface area contributed by atoms with Crippen molar-refractivity contribution < 1.29 is 9.47 Å². The smallest absolute Gasteiger partial charge is 0.331 e. The van der Waals surface area contributed by atoms with Crippen LogP contribution in [0.25, 0.3) is 22.2 Å². The molecular weight excluding hydrogens is 442 g/mol. The number of fused-ring (bicyclic) bond motifs is 3. The highest BCUT2D eigenvalue weighted by molar-refractivity contribution is 5.96. The maximum absolute atomic E-state index is 13.7. The number of aromatic nitrogens is 3. The minimum Gasteiger partial charge on any atom is -0.491 e. The van der Waals surface area contributed by atoms with Crippen molar-refractivity contribution in [2.24, 2.45) is 14.1 Å². The molecule has 0 fully saturated rings. The molecular formula is C28H31N3O4. The third-order valence-electron chi connectivity index (χ3n) is 6.68. The highest BCUT2D eigenvalue weighted by Gasteiger charge is 2.41. The first-order valence-corrected chi connectivity index (χ1v) is 11.9. The van der Waals surface area contributed by atoms with Crippen LogP contribution in [-0.2, 0) is 24.4 Å². The quantitative estimate of drug-likeness (QED) is 0.442. The molecule has 0 saturated heterocycles. The fourth-order valence-corrected chi connectivity index (χ4v) is 5.16. The molecule has 0 amide bonds. The lowest BCUT2D eigenvalue weighted by molar-refractivity contribution is -0.00852. The van der Waals surface area contributed by atoms with Gasteiger partial charge < -0.3 is 14.0 Å². The first kappa shape index (κ1) is 23.2. The lowest BCUT2D eigenvalue weighted by Gasteiger charge is -2.39. The molecule has 0 N–H and O–H groups in total. The summed E-state index contributed by atoms with van der Waals surface area (Å²) in [6.45, 7) is 8.59. The van der Waals surface area contributed by atoms with Gasteiger partial charge in [-0.05, 0) is 39.3 Å². The summed E-state index contributed by atoms with van der Waals surface area (Å²) in [7, 11) is 3.25. The van der Waals surface area contributed by atoms with Crippen LogP contribution in [0.3, 0.4) is 0 Å². The van der Waals surface area contributed by atoms with Crippen LogP contribution in [0.5, 0.6) is 5.75 Å². The van der Waals surface area contributed by atoms with Gasteiger partial charge >= 0.3 is 5.69 Å². The third-order valence-corrected chi connectivity index (χ3v) is 6.68. The monoisotopic (exact) mass is 473 g/mol. The van der Waals surface area contributed by atoms with Crippen LogP contribution in [0.1, 0.15) is 45.1 Å². The van der Waals surface area contributed by atoms with Gasteiger partial charge in [0.05, 0.1) is 40.5 Å². The van der Waals surface area contributed by atoms with Gasteiger partial charge in [-0.1, -0.05) is 48.5 Å². The SMILES string of the molecule is CC(C)Oc1ccccc1C1OCC(C)(C)n2c(-c3ccccc3)c3c(=O)n(C)c(=O)n(C)c3c21. The summed E-state index contributed by atoms with van der Waals surface area (Å²) < 4.78 is 17.6. The van der Waals surface area contributed by atoms with Crippen molar-refractivity contribution >= 4 is 10.9 Å². The van der Waals surface area contributed by atoms with Crippen molar-refractivity contribution in [3.63, 3.8) is 0 Å². The molecule has 7 nitrogen and oxygen atoms in total. The molecule has 35 heavy (non-hydrogen) atoms. The number of benzene rings is 2. The Kier molecular flexibility index (Phi) is 5.48. The molecule has 0 bridgehead atoms. The Labute approximate surface area is 204 Å². The number of hydrogen-bond donors (Lipinski definition) is 0. The van der Waals surface area contributed by atoms with E-state index in [-0.39, 0.29) is 17.4 Å². The van der Waals surface area contributed by atoms with E-state index in [9.17, 15) is 9.59 Å². The second kappa shape index (κ2) is 8.27. The maximum atomic E-state index is 13.7. The van der Waals surface area contributed by atoms with Gasteiger partial charge in [-0.15, -0.1) is 0 Å². The van der Waals surface area contributed by atoms with E-state index in [2.05, 4.69) is 18.4 Å². The predicted octanol–water partition coefficient (Wildman–Crippen LogP) is 4.35. The molecule has 1 aliphatic heterocycles. The highest BCUT2D eigenvalue weighted by atomic mass is 16.5. The molecule has 1 unspecified atom stereocenters. The van der Waals surface area contributed by atoms with E-state index >= 15 is 0 Å². The number of ether oxygens (including phenoxy) is 2. The van der Waals surface area contributed by atoms with Crippen molar-refractivity contribution in [3.8, 4) is 17.0 Å². The minimum atomic E-state index is -0.518. The molecule has 4 aromatic rings. The second-order valence-electron chi connectivity index (χ2n) is 10.1. The maximum Gasteiger partial charge on any atom is 0.331 e. The van der Waals surface area contributed by atoms with Gasteiger partial charge in [-0.2, -0.15) is 0 Å². The van der Waals surface area contributed by atoms with E-state index < -0.39 is 11.6 Å². The zero-order valence-corrected chi connectivity index (χ0v) is 21.0. The van der Waals surface area contributed by atoms with Crippen LogP contribution < -0.4 is 16.0 Å². The summed E-state index contributed by atoms with van der Waals surface area (Å²) >= 11 is 0. The second-order valence-corrected chi connectivity index (χ2v) is 10.1. The first-order chi connectivity index (χ1) is 16.6. The Balaban J connectivity index is 1.97. The van der Waals surface area contributed by atoms with Gasteiger partial charge in [-0.3, -0.25) is 13.9 Å². The van der Waals surface area contributed by atoms with Crippen molar-refractivity contribution in [2.45, 2.75) is 45.4 Å². The number of hydrogen-bond acceptors (Lipinski definition) is 4. The summed E-state index contributed by atoms with van der Waals surface area (Å²) in [6.07, 6.45) is -0.535. The number of rotatable bonds is 4. The molecule has 2 aromatic carbocycles. The van der Waals surface area contributed by atoms with E-state index in [0.717, 1.165) is 28.3 Å². The Morgan fingerprint density at radius 3 is 2.31 bits per heavy atom. The van der Waals surface area contributed by atoms with Crippen molar-refractivity contribution in [1.82, 2.24) is 13.7 Å². The molecule has 7 heteroatoms. The summed E-state index contributed by atoms with van der Waals surface area (Å²) in [5, 5.41) is 0.515. The average Bonchev–Trinajstić information content (AvgIpc) is 3.20. The Hall–Kier alpha value is -3.58. The largest absolute Gasteiger partial charge is 0.491 e. The summed E-state index contributed by atoms with van der Waals surface area (Å²) in [5.41, 5.74) is 2.80. The molecule has 3 heterocycles. The summed E-state index contributed by atoms with van der Waals surface area (Å²) in [4.78, 5) is 26.8. The summed E-state index contributed by atoms with van der Waals surface area (Å²) in [6, 6.07) is 17.7. The van der Waals surface area contributed by atoms with Gasteiger partial charge in [0.1, 0.15) is 11.9 Å². The Morgan fingerprint density at radius 1 is 0.971 bits per heavy atom. The Bertz CT molecular complexity index is 1540. The van der Waals surface area contributed by atoms with Gasteiger partial charge in [0.2, 0.25) is 0 Å². The van der Waals surface area contributed by atoms with Crippen LogP contribution >= 0.6 is 0 Å². The lowest BCUT2D eigenvalue weighted by atomic mass is 9.97. The fraction of sp³-hybridized carbons (Fsp3) is 0.357. The highest BCUT2D eigenvalue weighted by Crippen LogP contribution is 2.47. The molecule has 2 aromatic heterocycles. The zero-order valence-electron chi connectivity index (χ0n) is 21.0. The molecule has 1 atom stereocenters. The molecule has 0 spiro atoms. The van der Waals surface area contributed by atoms with E-state index in [1.807, 2.05) is 68.4 Å². The average molecular weight is 474 g/mol. The topological polar surface area (TPSA) is 67.4 Å². The van der Waals surface area contributed by atoms with Crippen LogP contribution in [0.4, 0.5) is 0 Å². The van der Waals surface area contributed by atoms with Gasteiger partial charge in [0, 0.05) is 19.7 Å². The Morgan fingerprint density at radius 2 is 1.63 bits per heavy atom. The molecule has 1 aliphatic rings. The zero-order chi connectivity index (χ0) is 25.1. The third kappa shape index (κ3) is 3.53. The van der Waals surface area contributed by atoms with Gasteiger partial charge in [-0.25, -0.2) is 4.79 Å². The van der Waals surface area contributed by atoms with Crippen molar-refractivity contribution in [3.05, 3.63) is 86.7 Å². The minimum absolute atomic E-state index is 0.0174.